The lowest BCUT2D eigenvalue weighted by atomic mass is 9.91. The number of carbonyl (C=O) groups is 1. The lowest BCUT2D eigenvalue weighted by Crippen LogP contribution is -2.42. The van der Waals surface area contributed by atoms with Crippen LogP contribution in [0, 0.1) is 0 Å². The number of amides is 1. The summed E-state index contributed by atoms with van der Waals surface area (Å²) in [6, 6.07) is 2.37. The van der Waals surface area contributed by atoms with E-state index in [9.17, 15) is 4.79 Å². The standard InChI is InChI=1S/C11H16N2OS.ClH/c12-9-2-1-3-10(6-9)13-11(14)8-4-5-15-7-8;/h4-5,7,9-10H,1-3,6,12H2,(H,13,14);1H. The summed E-state index contributed by atoms with van der Waals surface area (Å²) in [7, 11) is 0. The molecule has 2 atom stereocenters. The lowest BCUT2D eigenvalue weighted by Gasteiger charge is -2.27. The monoisotopic (exact) mass is 260 g/mol. The van der Waals surface area contributed by atoms with Crippen molar-refractivity contribution in [2.24, 2.45) is 5.73 Å². The Kier molecular flexibility index (Phi) is 5.25. The third-order valence-electron chi connectivity index (χ3n) is 2.83. The van der Waals surface area contributed by atoms with Crippen molar-refractivity contribution in [2.75, 3.05) is 0 Å². The Balaban J connectivity index is 0.00000128. The molecule has 0 aromatic carbocycles. The smallest absolute Gasteiger partial charge is 0.252 e. The SMILES string of the molecule is Cl.NC1CCCC(NC(=O)c2ccsc2)C1. The van der Waals surface area contributed by atoms with Crippen molar-refractivity contribution in [3.63, 3.8) is 0 Å². The molecule has 1 aromatic heterocycles. The van der Waals surface area contributed by atoms with E-state index in [-0.39, 0.29) is 30.4 Å². The zero-order valence-corrected chi connectivity index (χ0v) is 10.7. The van der Waals surface area contributed by atoms with Gasteiger partial charge in [-0.05, 0) is 37.1 Å². The number of thiophene rings is 1. The summed E-state index contributed by atoms with van der Waals surface area (Å²) < 4.78 is 0. The van der Waals surface area contributed by atoms with E-state index in [0.29, 0.717) is 0 Å². The fraction of sp³-hybridized carbons (Fsp3) is 0.545. The molecule has 1 heterocycles. The molecule has 1 saturated carbocycles. The van der Waals surface area contributed by atoms with Crippen LogP contribution in [0.5, 0.6) is 0 Å². The van der Waals surface area contributed by atoms with E-state index in [0.717, 1.165) is 31.2 Å². The van der Waals surface area contributed by atoms with Crippen molar-refractivity contribution in [3.8, 4) is 0 Å². The number of halogens is 1. The Hall–Kier alpha value is -0.580. The Labute approximate surface area is 106 Å². The highest BCUT2D eigenvalue weighted by atomic mass is 35.5. The normalized spacial score (nSPS) is 24.6. The van der Waals surface area contributed by atoms with E-state index in [1.165, 1.54) is 0 Å². The van der Waals surface area contributed by atoms with Gasteiger partial charge in [0.15, 0.2) is 0 Å². The van der Waals surface area contributed by atoms with E-state index in [1.54, 1.807) is 11.3 Å². The van der Waals surface area contributed by atoms with Gasteiger partial charge in [-0.2, -0.15) is 11.3 Å². The van der Waals surface area contributed by atoms with E-state index >= 15 is 0 Å². The molecule has 90 valence electrons. The predicted molar refractivity (Wildman–Crippen MR) is 69.3 cm³/mol. The Morgan fingerprint density at radius 2 is 2.31 bits per heavy atom. The second-order valence-corrected chi connectivity index (χ2v) is 4.89. The largest absolute Gasteiger partial charge is 0.349 e. The predicted octanol–water partition coefficient (Wildman–Crippen LogP) is 2.17. The first-order valence-corrected chi connectivity index (χ1v) is 6.28. The van der Waals surface area contributed by atoms with Gasteiger partial charge in [-0.1, -0.05) is 0 Å². The summed E-state index contributed by atoms with van der Waals surface area (Å²) in [5, 5.41) is 6.83. The highest BCUT2D eigenvalue weighted by Crippen LogP contribution is 2.17. The molecule has 1 amide bonds. The molecule has 2 rings (SSSR count). The molecule has 3 nitrogen and oxygen atoms in total. The number of rotatable bonds is 2. The topological polar surface area (TPSA) is 55.1 Å². The minimum atomic E-state index is 0. The first kappa shape index (κ1) is 13.5. The molecule has 2 unspecified atom stereocenters. The van der Waals surface area contributed by atoms with Crippen LogP contribution < -0.4 is 11.1 Å². The minimum Gasteiger partial charge on any atom is -0.349 e. The van der Waals surface area contributed by atoms with Gasteiger partial charge in [-0.15, -0.1) is 12.4 Å². The summed E-state index contributed by atoms with van der Waals surface area (Å²) >= 11 is 1.54. The van der Waals surface area contributed by atoms with Gasteiger partial charge >= 0.3 is 0 Å². The van der Waals surface area contributed by atoms with Gasteiger partial charge in [-0.25, -0.2) is 0 Å². The molecule has 0 saturated heterocycles. The number of hydrogen-bond acceptors (Lipinski definition) is 3. The molecular weight excluding hydrogens is 244 g/mol. The minimum absolute atomic E-state index is 0. The van der Waals surface area contributed by atoms with Crippen LogP contribution in [0.3, 0.4) is 0 Å². The van der Waals surface area contributed by atoms with Gasteiger partial charge in [0.25, 0.3) is 5.91 Å². The van der Waals surface area contributed by atoms with Gasteiger partial charge in [-0.3, -0.25) is 4.79 Å². The van der Waals surface area contributed by atoms with E-state index < -0.39 is 0 Å². The van der Waals surface area contributed by atoms with Crippen LogP contribution >= 0.6 is 23.7 Å². The van der Waals surface area contributed by atoms with E-state index in [2.05, 4.69) is 5.32 Å². The van der Waals surface area contributed by atoms with Gasteiger partial charge in [0.1, 0.15) is 0 Å². The molecule has 3 N–H and O–H groups in total. The van der Waals surface area contributed by atoms with Crippen molar-refractivity contribution in [1.82, 2.24) is 5.32 Å². The van der Waals surface area contributed by atoms with Crippen LogP contribution in [0.4, 0.5) is 0 Å². The highest BCUT2D eigenvalue weighted by Gasteiger charge is 2.21. The lowest BCUT2D eigenvalue weighted by molar-refractivity contribution is 0.0926. The Bertz CT molecular complexity index is 329. The maximum absolute atomic E-state index is 11.7. The van der Waals surface area contributed by atoms with E-state index in [1.807, 2.05) is 16.8 Å². The first-order chi connectivity index (χ1) is 7.25. The van der Waals surface area contributed by atoms with Gasteiger partial charge in [0.2, 0.25) is 0 Å². The zero-order chi connectivity index (χ0) is 10.7. The van der Waals surface area contributed by atoms with Crippen molar-refractivity contribution >= 4 is 29.7 Å². The van der Waals surface area contributed by atoms with Crippen LogP contribution in [0.1, 0.15) is 36.0 Å². The summed E-state index contributed by atoms with van der Waals surface area (Å²) in [6.07, 6.45) is 4.18. The van der Waals surface area contributed by atoms with Crippen molar-refractivity contribution in [1.29, 1.82) is 0 Å². The molecule has 0 aliphatic heterocycles. The number of hydrogen-bond donors (Lipinski definition) is 2. The van der Waals surface area contributed by atoms with Gasteiger partial charge < -0.3 is 11.1 Å². The maximum Gasteiger partial charge on any atom is 0.252 e. The number of carbonyl (C=O) groups excluding carboxylic acids is 1. The number of nitrogens with one attached hydrogen (secondary N) is 1. The third-order valence-corrected chi connectivity index (χ3v) is 3.52. The average Bonchev–Trinajstić information content (AvgIpc) is 2.70. The van der Waals surface area contributed by atoms with Gasteiger partial charge in [0.05, 0.1) is 0 Å². The summed E-state index contributed by atoms with van der Waals surface area (Å²) in [5.41, 5.74) is 6.63. The van der Waals surface area contributed by atoms with Crippen molar-refractivity contribution < 1.29 is 4.79 Å². The van der Waals surface area contributed by atoms with Crippen molar-refractivity contribution in [3.05, 3.63) is 22.4 Å². The third kappa shape index (κ3) is 3.47. The number of nitrogens with two attached hydrogens (primary N) is 1. The maximum atomic E-state index is 11.7. The second kappa shape index (κ2) is 6.23. The van der Waals surface area contributed by atoms with Crippen LogP contribution in [0.2, 0.25) is 0 Å². The molecule has 0 radical (unpaired) electrons. The Morgan fingerprint density at radius 3 is 2.94 bits per heavy atom. The quantitative estimate of drug-likeness (QED) is 0.856. The fourth-order valence-electron chi connectivity index (χ4n) is 2.02. The second-order valence-electron chi connectivity index (χ2n) is 4.11. The van der Waals surface area contributed by atoms with Crippen LogP contribution in [-0.4, -0.2) is 18.0 Å². The van der Waals surface area contributed by atoms with Crippen molar-refractivity contribution in [2.45, 2.75) is 37.8 Å². The molecule has 1 aliphatic carbocycles. The van der Waals surface area contributed by atoms with Crippen LogP contribution in [0.25, 0.3) is 0 Å². The molecule has 16 heavy (non-hydrogen) atoms. The molecule has 1 fully saturated rings. The molecule has 1 aliphatic rings. The summed E-state index contributed by atoms with van der Waals surface area (Å²) in [5.74, 6) is 0.0374. The molecule has 0 spiro atoms. The molecule has 0 bridgehead atoms. The first-order valence-electron chi connectivity index (χ1n) is 5.34. The van der Waals surface area contributed by atoms with Crippen LogP contribution in [0.15, 0.2) is 16.8 Å². The summed E-state index contributed by atoms with van der Waals surface area (Å²) in [6.45, 7) is 0. The molecule has 1 aromatic rings. The highest BCUT2D eigenvalue weighted by molar-refractivity contribution is 7.08. The van der Waals surface area contributed by atoms with E-state index in [4.69, 9.17) is 5.73 Å². The average molecular weight is 261 g/mol. The fourth-order valence-corrected chi connectivity index (χ4v) is 2.66. The Morgan fingerprint density at radius 1 is 1.50 bits per heavy atom. The molecule has 5 heteroatoms. The molecular formula is C11H17ClN2OS. The van der Waals surface area contributed by atoms with Crippen LogP contribution in [-0.2, 0) is 0 Å². The zero-order valence-electron chi connectivity index (χ0n) is 9.02. The summed E-state index contributed by atoms with van der Waals surface area (Å²) in [4.78, 5) is 11.7. The van der Waals surface area contributed by atoms with Gasteiger partial charge in [0, 0.05) is 23.0 Å².